The van der Waals surface area contributed by atoms with Gasteiger partial charge in [0, 0.05) is 29.0 Å². The fraction of sp³-hybridized carbons (Fsp3) is 0.385. The first kappa shape index (κ1) is 26.4. The fourth-order valence-electron chi connectivity index (χ4n) is 4.50. The standard InChI is InChI=1S/C26H23F3N4O3S2/c1-25(2)14-33(23(34)21(25)35-18-8-7-17(12-30)19(11-18)26(27,28)29)13-20-31-22(32-36-20)15-3-5-16(6-4-15)24-37-9-10-38-24/h3-8,11,21,24H,9-10,13-14H2,1-2H3. The van der Waals surface area contributed by atoms with Gasteiger partial charge in [0.1, 0.15) is 12.3 Å². The molecule has 2 aromatic carbocycles. The van der Waals surface area contributed by atoms with E-state index in [1.165, 1.54) is 22.6 Å². The molecule has 0 bridgehead atoms. The van der Waals surface area contributed by atoms with E-state index in [1.54, 1.807) is 13.8 Å². The molecule has 2 fully saturated rings. The molecule has 12 heteroatoms. The molecule has 7 nitrogen and oxygen atoms in total. The topological polar surface area (TPSA) is 92.2 Å². The number of thioether (sulfide) groups is 2. The Hall–Kier alpha value is -3.17. The summed E-state index contributed by atoms with van der Waals surface area (Å²) in [4.78, 5) is 19.1. The molecule has 0 saturated carbocycles. The Morgan fingerprint density at radius 2 is 1.89 bits per heavy atom. The summed E-state index contributed by atoms with van der Waals surface area (Å²) in [6.07, 6.45) is -5.76. The van der Waals surface area contributed by atoms with Crippen LogP contribution in [0.4, 0.5) is 13.2 Å². The van der Waals surface area contributed by atoms with Gasteiger partial charge in [-0.05, 0) is 23.8 Å². The Balaban J connectivity index is 1.28. The summed E-state index contributed by atoms with van der Waals surface area (Å²) in [6.45, 7) is 3.92. The largest absolute Gasteiger partial charge is 0.480 e. The number of halogens is 3. The molecule has 0 spiro atoms. The van der Waals surface area contributed by atoms with Gasteiger partial charge in [-0.2, -0.15) is 23.4 Å². The van der Waals surface area contributed by atoms with Gasteiger partial charge in [-0.25, -0.2) is 0 Å². The maximum Gasteiger partial charge on any atom is 0.417 e. The van der Waals surface area contributed by atoms with Gasteiger partial charge >= 0.3 is 6.18 Å². The molecule has 1 atom stereocenters. The average Bonchev–Trinajstić information content (AvgIpc) is 3.62. The minimum absolute atomic E-state index is 0.0454. The van der Waals surface area contributed by atoms with Gasteiger partial charge in [0.15, 0.2) is 6.10 Å². The number of hydrogen-bond acceptors (Lipinski definition) is 8. The van der Waals surface area contributed by atoms with Crippen LogP contribution in [0.25, 0.3) is 11.4 Å². The quantitative estimate of drug-likeness (QED) is 0.367. The number of ether oxygens (including phenoxy) is 1. The smallest absolute Gasteiger partial charge is 0.417 e. The highest BCUT2D eigenvalue weighted by atomic mass is 32.2. The summed E-state index contributed by atoms with van der Waals surface area (Å²) < 4.78 is 51.7. The number of benzene rings is 2. The van der Waals surface area contributed by atoms with E-state index >= 15 is 0 Å². The van der Waals surface area contributed by atoms with E-state index in [1.807, 2.05) is 35.7 Å². The van der Waals surface area contributed by atoms with E-state index in [0.29, 0.717) is 10.4 Å². The molecule has 1 amide bonds. The van der Waals surface area contributed by atoms with E-state index in [2.05, 4.69) is 22.3 Å². The molecule has 2 aliphatic rings. The summed E-state index contributed by atoms with van der Waals surface area (Å²) >= 11 is 3.85. The van der Waals surface area contributed by atoms with Crippen LogP contribution in [0, 0.1) is 16.7 Å². The van der Waals surface area contributed by atoms with Gasteiger partial charge in [0.05, 0.1) is 21.8 Å². The van der Waals surface area contributed by atoms with Crippen molar-refractivity contribution in [2.75, 3.05) is 18.1 Å². The van der Waals surface area contributed by atoms with Crippen molar-refractivity contribution in [3.8, 4) is 23.2 Å². The van der Waals surface area contributed by atoms with Crippen LogP contribution in [0.3, 0.4) is 0 Å². The monoisotopic (exact) mass is 560 g/mol. The first-order valence-corrected chi connectivity index (χ1v) is 13.9. The van der Waals surface area contributed by atoms with Crippen molar-refractivity contribution in [2.24, 2.45) is 5.41 Å². The molecule has 0 N–H and O–H groups in total. The highest BCUT2D eigenvalue weighted by molar-refractivity contribution is 8.19. The number of rotatable bonds is 6. The number of carbonyl (C=O) groups excluding carboxylic acids is 1. The Kier molecular flexibility index (Phi) is 7.09. The zero-order chi connectivity index (χ0) is 27.1. The highest BCUT2D eigenvalue weighted by Gasteiger charge is 2.48. The summed E-state index contributed by atoms with van der Waals surface area (Å²) in [6, 6.07) is 12.6. The molecule has 3 aromatic rings. The molecular formula is C26H23F3N4O3S2. The lowest BCUT2D eigenvalue weighted by Crippen LogP contribution is -2.36. The third kappa shape index (κ3) is 5.35. The van der Waals surface area contributed by atoms with E-state index in [4.69, 9.17) is 14.5 Å². The van der Waals surface area contributed by atoms with E-state index in [0.717, 1.165) is 29.2 Å². The molecule has 38 heavy (non-hydrogen) atoms. The molecule has 3 heterocycles. The van der Waals surface area contributed by atoms with Crippen LogP contribution >= 0.6 is 23.5 Å². The van der Waals surface area contributed by atoms with Gasteiger partial charge < -0.3 is 14.2 Å². The Morgan fingerprint density at radius 1 is 1.18 bits per heavy atom. The zero-order valence-electron chi connectivity index (χ0n) is 20.5. The van der Waals surface area contributed by atoms with Gasteiger partial charge in [-0.1, -0.05) is 43.3 Å². The molecule has 198 valence electrons. The summed E-state index contributed by atoms with van der Waals surface area (Å²) in [5.41, 5.74) is -0.289. The molecule has 0 aliphatic carbocycles. The molecule has 2 saturated heterocycles. The van der Waals surface area contributed by atoms with Crippen LogP contribution in [0.5, 0.6) is 5.75 Å². The Morgan fingerprint density at radius 3 is 2.55 bits per heavy atom. The second-order valence-electron chi connectivity index (χ2n) is 9.70. The molecule has 1 aromatic heterocycles. The van der Waals surface area contributed by atoms with Gasteiger partial charge in [0.2, 0.25) is 11.7 Å². The molecule has 0 radical (unpaired) electrons. The predicted molar refractivity (Wildman–Crippen MR) is 137 cm³/mol. The van der Waals surface area contributed by atoms with Gasteiger partial charge in [-0.3, -0.25) is 4.79 Å². The Bertz CT molecular complexity index is 1380. The van der Waals surface area contributed by atoms with Crippen molar-refractivity contribution < 1.29 is 27.2 Å². The van der Waals surface area contributed by atoms with Crippen molar-refractivity contribution in [3.63, 3.8) is 0 Å². The summed E-state index contributed by atoms with van der Waals surface area (Å²) in [7, 11) is 0. The molecule has 2 aliphatic heterocycles. The minimum atomic E-state index is -4.73. The van der Waals surface area contributed by atoms with Crippen molar-refractivity contribution >= 4 is 29.4 Å². The maximum atomic E-state index is 13.4. The van der Waals surface area contributed by atoms with Gasteiger partial charge in [0.25, 0.3) is 5.91 Å². The van der Waals surface area contributed by atoms with E-state index < -0.39 is 34.7 Å². The predicted octanol–water partition coefficient (Wildman–Crippen LogP) is 5.92. The lowest BCUT2D eigenvalue weighted by molar-refractivity contribution is -0.138. The lowest BCUT2D eigenvalue weighted by Gasteiger charge is -2.24. The van der Waals surface area contributed by atoms with Crippen molar-refractivity contribution in [1.29, 1.82) is 5.26 Å². The third-order valence-electron chi connectivity index (χ3n) is 6.37. The number of alkyl halides is 3. The minimum Gasteiger partial charge on any atom is -0.480 e. The number of carbonyl (C=O) groups is 1. The molecule has 5 rings (SSSR count). The van der Waals surface area contributed by atoms with Crippen LogP contribution in [-0.4, -0.2) is 45.1 Å². The zero-order valence-corrected chi connectivity index (χ0v) is 22.1. The van der Waals surface area contributed by atoms with E-state index in [-0.39, 0.29) is 24.7 Å². The first-order chi connectivity index (χ1) is 18.0. The number of nitriles is 1. The van der Waals surface area contributed by atoms with Crippen LogP contribution in [-0.2, 0) is 17.5 Å². The van der Waals surface area contributed by atoms with Crippen LogP contribution < -0.4 is 4.74 Å². The number of nitrogens with zero attached hydrogens (tertiary/aromatic N) is 4. The molecule has 1 unspecified atom stereocenters. The number of likely N-dealkylation sites (tertiary alicyclic amines) is 1. The van der Waals surface area contributed by atoms with Crippen LogP contribution in [0.1, 0.15) is 41.0 Å². The van der Waals surface area contributed by atoms with Crippen molar-refractivity contribution in [3.05, 3.63) is 65.0 Å². The average molecular weight is 561 g/mol. The first-order valence-electron chi connectivity index (χ1n) is 11.8. The SMILES string of the molecule is CC1(C)CN(Cc2nc(-c3ccc(C4SCCS4)cc3)no2)C(=O)C1Oc1ccc(C#N)c(C(F)(F)F)c1. The van der Waals surface area contributed by atoms with Crippen LogP contribution in [0.2, 0.25) is 0 Å². The van der Waals surface area contributed by atoms with Gasteiger partial charge in [-0.15, -0.1) is 23.5 Å². The molecular weight excluding hydrogens is 537 g/mol. The normalized spacial score (nSPS) is 19.6. The van der Waals surface area contributed by atoms with Crippen molar-refractivity contribution in [1.82, 2.24) is 15.0 Å². The number of aromatic nitrogens is 2. The highest BCUT2D eigenvalue weighted by Crippen LogP contribution is 2.45. The van der Waals surface area contributed by atoms with Crippen molar-refractivity contribution in [2.45, 2.75) is 37.3 Å². The van der Waals surface area contributed by atoms with E-state index in [9.17, 15) is 18.0 Å². The summed E-state index contributed by atoms with van der Waals surface area (Å²) in [5.74, 6) is 2.41. The second-order valence-corrected chi connectivity index (χ2v) is 12.4. The second kappa shape index (κ2) is 10.2. The maximum absolute atomic E-state index is 13.4. The fourth-order valence-corrected chi connectivity index (χ4v) is 7.36. The number of hydrogen-bond donors (Lipinski definition) is 0. The summed E-state index contributed by atoms with van der Waals surface area (Å²) in [5, 5.41) is 13.1. The number of amides is 1. The Labute approximate surface area is 225 Å². The third-order valence-corrected chi connectivity index (χ3v) is 9.48. The van der Waals surface area contributed by atoms with Crippen LogP contribution in [0.15, 0.2) is 47.0 Å². The lowest BCUT2D eigenvalue weighted by atomic mass is 9.89.